The summed E-state index contributed by atoms with van der Waals surface area (Å²) in [5.41, 5.74) is 0.0775. The van der Waals surface area contributed by atoms with Crippen LogP contribution in [0, 0.1) is 11.6 Å². The number of aromatic nitrogens is 1. The fourth-order valence-corrected chi connectivity index (χ4v) is 1.95. The van der Waals surface area contributed by atoms with Gasteiger partial charge in [0.15, 0.2) is 0 Å². The Bertz CT molecular complexity index is 750. The molecule has 0 bridgehead atoms. The number of rotatable bonds is 6. The van der Waals surface area contributed by atoms with Crippen LogP contribution in [0.3, 0.4) is 0 Å². The van der Waals surface area contributed by atoms with E-state index in [0.29, 0.717) is 12.6 Å². The molecule has 1 aromatic heterocycles. The van der Waals surface area contributed by atoms with Gasteiger partial charge in [-0.3, -0.25) is 14.6 Å². The SMILES string of the molecule is CCCCNC(=O)c1ccnc(C(=O)Nc2ccc(F)cc2F)c1. The second kappa shape index (κ2) is 8.14. The van der Waals surface area contributed by atoms with Crippen molar-refractivity contribution in [3.05, 3.63) is 59.4 Å². The summed E-state index contributed by atoms with van der Waals surface area (Å²) in [6.07, 6.45) is 3.13. The van der Waals surface area contributed by atoms with Crippen molar-refractivity contribution in [1.82, 2.24) is 10.3 Å². The van der Waals surface area contributed by atoms with Crippen LogP contribution in [0.1, 0.15) is 40.6 Å². The van der Waals surface area contributed by atoms with E-state index >= 15 is 0 Å². The molecule has 24 heavy (non-hydrogen) atoms. The average Bonchev–Trinajstić information content (AvgIpc) is 2.57. The van der Waals surface area contributed by atoms with Crippen LogP contribution in [-0.4, -0.2) is 23.3 Å². The Hall–Kier alpha value is -2.83. The topological polar surface area (TPSA) is 71.1 Å². The molecule has 126 valence electrons. The quantitative estimate of drug-likeness (QED) is 0.798. The maximum atomic E-state index is 13.6. The third-order valence-corrected chi connectivity index (χ3v) is 3.25. The third-order valence-electron chi connectivity index (χ3n) is 3.25. The van der Waals surface area contributed by atoms with Gasteiger partial charge in [-0.05, 0) is 30.7 Å². The molecule has 0 radical (unpaired) electrons. The Morgan fingerprint density at radius 3 is 2.62 bits per heavy atom. The van der Waals surface area contributed by atoms with Gasteiger partial charge in [0.25, 0.3) is 11.8 Å². The summed E-state index contributed by atoms with van der Waals surface area (Å²) in [7, 11) is 0. The van der Waals surface area contributed by atoms with Gasteiger partial charge >= 0.3 is 0 Å². The van der Waals surface area contributed by atoms with Gasteiger partial charge < -0.3 is 10.6 Å². The van der Waals surface area contributed by atoms with Crippen LogP contribution in [0.15, 0.2) is 36.5 Å². The van der Waals surface area contributed by atoms with Crippen LogP contribution in [-0.2, 0) is 0 Å². The zero-order valence-corrected chi connectivity index (χ0v) is 13.1. The first-order valence-electron chi connectivity index (χ1n) is 7.52. The Balaban J connectivity index is 2.09. The molecule has 1 heterocycles. The summed E-state index contributed by atoms with van der Waals surface area (Å²) in [6, 6.07) is 5.61. The maximum absolute atomic E-state index is 13.6. The number of halogens is 2. The van der Waals surface area contributed by atoms with E-state index in [1.54, 1.807) is 0 Å². The van der Waals surface area contributed by atoms with Gasteiger partial charge in [0.1, 0.15) is 17.3 Å². The van der Waals surface area contributed by atoms with Crippen LogP contribution < -0.4 is 10.6 Å². The first-order chi connectivity index (χ1) is 11.5. The molecule has 0 spiro atoms. The summed E-state index contributed by atoms with van der Waals surface area (Å²) in [4.78, 5) is 28.0. The van der Waals surface area contributed by atoms with Crippen molar-refractivity contribution in [2.45, 2.75) is 19.8 Å². The molecule has 0 aliphatic carbocycles. The van der Waals surface area contributed by atoms with E-state index in [1.807, 2.05) is 6.92 Å². The van der Waals surface area contributed by atoms with E-state index in [-0.39, 0.29) is 22.9 Å². The molecule has 1 aromatic carbocycles. The number of pyridine rings is 1. The number of benzene rings is 1. The molecule has 0 unspecified atom stereocenters. The van der Waals surface area contributed by atoms with E-state index < -0.39 is 17.5 Å². The van der Waals surface area contributed by atoms with Crippen LogP contribution in [0.25, 0.3) is 0 Å². The molecule has 0 atom stereocenters. The minimum absolute atomic E-state index is 0.0399. The normalized spacial score (nSPS) is 10.3. The van der Waals surface area contributed by atoms with Gasteiger partial charge in [-0.25, -0.2) is 8.78 Å². The van der Waals surface area contributed by atoms with Crippen molar-refractivity contribution in [3.63, 3.8) is 0 Å². The maximum Gasteiger partial charge on any atom is 0.274 e. The molecule has 0 saturated carbocycles. The second-order valence-corrected chi connectivity index (χ2v) is 5.12. The predicted molar refractivity (Wildman–Crippen MR) is 85.8 cm³/mol. The lowest BCUT2D eigenvalue weighted by atomic mass is 10.2. The van der Waals surface area contributed by atoms with E-state index in [4.69, 9.17) is 0 Å². The highest BCUT2D eigenvalue weighted by Gasteiger charge is 2.14. The third kappa shape index (κ3) is 4.58. The molecule has 2 amide bonds. The zero-order chi connectivity index (χ0) is 17.5. The molecule has 5 nitrogen and oxygen atoms in total. The monoisotopic (exact) mass is 333 g/mol. The van der Waals surface area contributed by atoms with Crippen molar-refractivity contribution >= 4 is 17.5 Å². The number of amides is 2. The molecule has 0 aliphatic heterocycles. The smallest absolute Gasteiger partial charge is 0.274 e. The molecular formula is C17H17F2N3O2. The summed E-state index contributed by atoms with van der Waals surface area (Å²) < 4.78 is 26.4. The Morgan fingerprint density at radius 1 is 1.12 bits per heavy atom. The van der Waals surface area contributed by atoms with Crippen molar-refractivity contribution < 1.29 is 18.4 Å². The van der Waals surface area contributed by atoms with Gasteiger partial charge in [0.2, 0.25) is 0 Å². The largest absolute Gasteiger partial charge is 0.352 e. The standard InChI is InChI=1S/C17H17F2N3O2/c1-2-3-7-21-16(23)11-6-8-20-15(9-11)17(24)22-14-5-4-12(18)10-13(14)19/h4-6,8-10H,2-3,7H2,1H3,(H,21,23)(H,22,24). The minimum Gasteiger partial charge on any atom is -0.352 e. The highest BCUT2D eigenvalue weighted by molar-refractivity contribution is 6.04. The Labute approximate surface area is 138 Å². The van der Waals surface area contributed by atoms with Crippen LogP contribution in [0.2, 0.25) is 0 Å². The van der Waals surface area contributed by atoms with Crippen LogP contribution >= 0.6 is 0 Å². The minimum atomic E-state index is -0.892. The van der Waals surface area contributed by atoms with Crippen molar-refractivity contribution in [3.8, 4) is 0 Å². The number of hydrogen-bond donors (Lipinski definition) is 2. The number of nitrogens with zero attached hydrogens (tertiary/aromatic N) is 1. The molecule has 0 fully saturated rings. The first-order valence-corrected chi connectivity index (χ1v) is 7.52. The molecule has 0 aliphatic rings. The van der Waals surface area contributed by atoms with Gasteiger partial charge in [0, 0.05) is 24.4 Å². The lowest BCUT2D eigenvalue weighted by Crippen LogP contribution is -2.25. The number of carbonyl (C=O) groups is 2. The van der Waals surface area contributed by atoms with Gasteiger partial charge in [-0.1, -0.05) is 13.3 Å². The lowest BCUT2D eigenvalue weighted by Gasteiger charge is -2.08. The Kier molecular flexibility index (Phi) is 5.95. The predicted octanol–water partition coefficient (Wildman–Crippen LogP) is 3.14. The number of hydrogen-bond acceptors (Lipinski definition) is 3. The average molecular weight is 333 g/mol. The summed E-state index contributed by atoms with van der Waals surface area (Å²) in [5, 5.41) is 5.03. The lowest BCUT2D eigenvalue weighted by molar-refractivity contribution is 0.0953. The first kappa shape index (κ1) is 17.5. The number of unbranched alkanes of at least 4 members (excludes halogenated alkanes) is 1. The Morgan fingerprint density at radius 2 is 1.92 bits per heavy atom. The van der Waals surface area contributed by atoms with Crippen molar-refractivity contribution in [2.75, 3.05) is 11.9 Å². The van der Waals surface area contributed by atoms with Gasteiger partial charge in [-0.15, -0.1) is 0 Å². The van der Waals surface area contributed by atoms with E-state index in [9.17, 15) is 18.4 Å². The van der Waals surface area contributed by atoms with Crippen LogP contribution in [0.4, 0.5) is 14.5 Å². The number of anilines is 1. The van der Waals surface area contributed by atoms with E-state index in [0.717, 1.165) is 25.0 Å². The van der Waals surface area contributed by atoms with E-state index in [2.05, 4.69) is 15.6 Å². The highest BCUT2D eigenvalue weighted by atomic mass is 19.1. The molecule has 0 saturated heterocycles. The molecule has 2 rings (SSSR count). The van der Waals surface area contributed by atoms with Gasteiger partial charge in [0.05, 0.1) is 5.69 Å². The second-order valence-electron chi connectivity index (χ2n) is 5.12. The summed E-state index contributed by atoms with van der Waals surface area (Å²) in [6.45, 7) is 2.55. The molecular weight excluding hydrogens is 316 g/mol. The van der Waals surface area contributed by atoms with Crippen molar-refractivity contribution in [1.29, 1.82) is 0 Å². The molecule has 2 N–H and O–H groups in total. The fraction of sp³-hybridized carbons (Fsp3) is 0.235. The van der Waals surface area contributed by atoms with Crippen molar-refractivity contribution in [2.24, 2.45) is 0 Å². The van der Waals surface area contributed by atoms with E-state index in [1.165, 1.54) is 18.3 Å². The summed E-state index contributed by atoms with van der Waals surface area (Å²) in [5.74, 6) is -2.64. The number of nitrogens with one attached hydrogen (secondary N) is 2. The van der Waals surface area contributed by atoms with Crippen LogP contribution in [0.5, 0.6) is 0 Å². The summed E-state index contributed by atoms with van der Waals surface area (Å²) >= 11 is 0. The highest BCUT2D eigenvalue weighted by Crippen LogP contribution is 2.16. The molecule has 2 aromatic rings. The molecule has 7 heteroatoms. The zero-order valence-electron chi connectivity index (χ0n) is 13.1. The fourth-order valence-electron chi connectivity index (χ4n) is 1.95. The number of carbonyl (C=O) groups excluding carboxylic acids is 2. The van der Waals surface area contributed by atoms with Gasteiger partial charge in [-0.2, -0.15) is 0 Å².